The number of nitrogens with one attached hydrogen (secondary N) is 2. The number of benzene rings is 1. The van der Waals surface area contributed by atoms with Crippen molar-refractivity contribution in [1.29, 1.82) is 0 Å². The van der Waals surface area contributed by atoms with Gasteiger partial charge in [0.2, 0.25) is 0 Å². The summed E-state index contributed by atoms with van der Waals surface area (Å²) in [4.78, 5) is 13.9. The second-order valence-electron chi connectivity index (χ2n) is 4.64. The van der Waals surface area contributed by atoms with E-state index in [9.17, 15) is 4.79 Å². The summed E-state index contributed by atoms with van der Waals surface area (Å²) in [7, 11) is 0. The highest BCUT2D eigenvalue weighted by molar-refractivity contribution is 6.32. The Morgan fingerprint density at radius 2 is 2.00 bits per heavy atom. The van der Waals surface area contributed by atoms with Gasteiger partial charge >= 0.3 is 6.03 Å². The number of carbonyl (C=O) groups excluding carboxylic acids is 1. The Morgan fingerprint density at radius 1 is 1.29 bits per heavy atom. The van der Waals surface area contributed by atoms with Crippen LogP contribution in [-0.2, 0) is 0 Å². The van der Waals surface area contributed by atoms with Gasteiger partial charge < -0.3 is 15.5 Å². The van der Waals surface area contributed by atoms with E-state index in [1.807, 2.05) is 24.3 Å². The summed E-state index contributed by atoms with van der Waals surface area (Å²) in [5.74, 6) is 0. The normalized spacial score (nSPS) is 11.0. The number of carbonyl (C=O) groups is 1. The molecule has 0 atom stereocenters. The molecule has 2 amide bonds. The topological polar surface area (TPSA) is 44.4 Å². The van der Waals surface area contributed by atoms with E-state index in [4.69, 9.17) is 11.6 Å². The summed E-state index contributed by atoms with van der Waals surface area (Å²) < 4.78 is 0. The highest BCUT2D eigenvalue weighted by Crippen LogP contribution is 2.15. The number of urea groups is 1. The predicted molar refractivity (Wildman–Crippen MR) is 89.4 cm³/mol. The number of nitrogens with zero attached hydrogens (tertiary/aromatic N) is 1. The first kappa shape index (κ1) is 17.5. The van der Waals surface area contributed by atoms with Gasteiger partial charge in [-0.05, 0) is 43.8 Å². The van der Waals surface area contributed by atoms with Crippen LogP contribution in [-0.4, -0.2) is 37.1 Å². The SMILES string of the molecule is CCN(CC)CCCNC(=O)N/C=C/c1ccccc1Cl. The first-order valence-electron chi connectivity index (χ1n) is 7.35. The lowest BCUT2D eigenvalue weighted by Crippen LogP contribution is -2.34. The number of halogens is 1. The van der Waals surface area contributed by atoms with Crippen LogP contribution in [0.15, 0.2) is 30.5 Å². The zero-order chi connectivity index (χ0) is 15.5. The number of rotatable bonds is 8. The maximum atomic E-state index is 11.6. The summed E-state index contributed by atoms with van der Waals surface area (Å²) in [6.45, 7) is 8.05. The molecule has 0 radical (unpaired) electrons. The molecule has 0 spiro atoms. The maximum Gasteiger partial charge on any atom is 0.318 e. The monoisotopic (exact) mass is 309 g/mol. The van der Waals surface area contributed by atoms with Crippen molar-refractivity contribution < 1.29 is 4.79 Å². The average Bonchev–Trinajstić information content (AvgIpc) is 2.49. The third-order valence-electron chi connectivity index (χ3n) is 3.21. The Labute approximate surface area is 132 Å². The molecular formula is C16H24ClN3O. The molecule has 1 rings (SSSR count). The van der Waals surface area contributed by atoms with Crippen LogP contribution in [0.2, 0.25) is 5.02 Å². The van der Waals surface area contributed by atoms with Crippen LogP contribution in [0, 0.1) is 0 Å². The Bertz CT molecular complexity index is 459. The minimum Gasteiger partial charge on any atom is -0.338 e. The lowest BCUT2D eigenvalue weighted by molar-refractivity contribution is 0.242. The van der Waals surface area contributed by atoms with Gasteiger partial charge in [-0.2, -0.15) is 0 Å². The molecule has 0 aliphatic carbocycles. The fraction of sp³-hybridized carbons (Fsp3) is 0.438. The van der Waals surface area contributed by atoms with Crippen LogP contribution in [0.25, 0.3) is 6.08 Å². The van der Waals surface area contributed by atoms with Crippen LogP contribution in [0.4, 0.5) is 4.79 Å². The molecule has 4 nitrogen and oxygen atoms in total. The fourth-order valence-electron chi connectivity index (χ4n) is 1.91. The molecule has 0 saturated carbocycles. The van der Waals surface area contributed by atoms with Gasteiger partial charge in [-0.3, -0.25) is 0 Å². The summed E-state index contributed by atoms with van der Waals surface area (Å²) in [6.07, 6.45) is 4.32. The molecule has 0 fully saturated rings. The third kappa shape index (κ3) is 7.16. The maximum absolute atomic E-state index is 11.6. The number of amides is 2. The van der Waals surface area contributed by atoms with Gasteiger partial charge in [0.05, 0.1) is 0 Å². The van der Waals surface area contributed by atoms with Gasteiger partial charge in [0, 0.05) is 17.8 Å². The lowest BCUT2D eigenvalue weighted by atomic mass is 10.2. The van der Waals surface area contributed by atoms with Crippen molar-refractivity contribution >= 4 is 23.7 Å². The second-order valence-corrected chi connectivity index (χ2v) is 5.04. The van der Waals surface area contributed by atoms with Gasteiger partial charge in [0.15, 0.2) is 0 Å². The van der Waals surface area contributed by atoms with Crippen molar-refractivity contribution in [2.24, 2.45) is 0 Å². The van der Waals surface area contributed by atoms with Gasteiger partial charge in [-0.1, -0.05) is 43.6 Å². The summed E-state index contributed by atoms with van der Waals surface area (Å²) >= 11 is 6.01. The van der Waals surface area contributed by atoms with Gasteiger partial charge in [0.25, 0.3) is 0 Å². The van der Waals surface area contributed by atoms with Crippen molar-refractivity contribution in [2.45, 2.75) is 20.3 Å². The first-order valence-corrected chi connectivity index (χ1v) is 7.73. The van der Waals surface area contributed by atoms with E-state index < -0.39 is 0 Å². The number of hydrogen-bond acceptors (Lipinski definition) is 2. The predicted octanol–water partition coefficient (Wildman–Crippen LogP) is 3.34. The van der Waals surface area contributed by atoms with Crippen molar-refractivity contribution in [1.82, 2.24) is 15.5 Å². The van der Waals surface area contributed by atoms with Crippen molar-refractivity contribution in [3.8, 4) is 0 Å². The van der Waals surface area contributed by atoms with Crippen LogP contribution in [0.5, 0.6) is 0 Å². The highest BCUT2D eigenvalue weighted by atomic mass is 35.5. The summed E-state index contributed by atoms with van der Waals surface area (Å²) in [5.41, 5.74) is 0.876. The van der Waals surface area contributed by atoms with Crippen LogP contribution in [0.1, 0.15) is 25.8 Å². The molecule has 21 heavy (non-hydrogen) atoms. The molecule has 2 N–H and O–H groups in total. The smallest absolute Gasteiger partial charge is 0.318 e. The molecule has 0 saturated heterocycles. The Hall–Kier alpha value is -1.52. The molecule has 0 aliphatic rings. The van der Waals surface area contributed by atoms with E-state index in [1.165, 1.54) is 0 Å². The van der Waals surface area contributed by atoms with Gasteiger partial charge in [0.1, 0.15) is 0 Å². The molecule has 1 aromatic rings. The van der Waals surface area contributed by atoms with E-state index in [0.29, 0.717) is 11.6 Å². The van der Waals surface area contributed by atoms with Crippen LogP contribution in [0.3, 0.4) is 0 Å². The van der Waals surface area contributed by atoms with E-state index >= 15 is 0 Å². The highest BCUT2D eigenvalue weighted by Gasteiger charge is 2.00. The standard InChI is InChI=1S/C16H24ClN3O/c1-3-20(4-2)13-7-11-18-16(21)19-12-10-14-8-5-6-9-15(14)17/h5-6,8-10,12H,3-4,7,11,13H2,1-2H3,(H2,18,19,21)/b12-10+. The quantitative estimate of drug-likeness (QED) is 0.723. The van der Waals surface area contributed by atoms with Crippen LogP contribution >= 0.6 is 11.6 Å². The molecule has 116 valence electrons. The fourth-order valence-corrected chi connectivity index (χ4v) is 2.11. The molecule has 0 aromatic heterocycles. The average molecular weight is 310 g/mol. The molecule has 1 aromatic carbocycles. The van der Waals surface area contributed by atoms with Crippen LogP contribution < -0.4 is 10.6 Å². The van der Waals surface area contributed by atoms with E-state index in [2.05, 4.69) is 29.4 Å². The lowest BCUT2D eigenvalue weighted by Gasteiger charge is -2.17. The largest absolute Gasteiger partial charge is 0.338 e. The third-order valence-corrected chi connectivity index (χ3v) is 3.56. The molecule has 0 aliphatic heterocycles. The van der Waals surface area contributed by atoms with E-state index in [0.717, 1.165) is 31.6 Å². The number of hydrogen-bond donors (Lipinski definition) is 2. The zero-order valence-corrected chi connectivity index (χ0v) is 13.5. The molecule has 0 unspecified atom stereocenters. The minimum atomic E-state index is -0.196. The first-order chi connectivity index (χ1) is 10.2. The molecule has 5 heteroatoms. The summed E-state index contributed by atoms with van der Waals surface area (Å²) in [5, 5.41) is 6.16. The summed E-state index contributed by atoms with van der Waals surface area (Å²) in [6, 6.07) is 7.28. The van der Waals surface area contributed by atoms with Crippen molar-refractivity contribution in [2.75, 3.05) is 26.2 Å². The Morgan fingerprint density at radius 3 is 2.67 bits per heavy atom. The molecule has 0 bridgehead atoms. The van der Waals surface area contributed by atoms with Crippen molar-refractivity contribution in [3.63, 3.8) is 0 Å². The van der Waals surface area contributed by atoms with Gasteiger partial charge in [-0.15, -0.1) is 0 Å². The minimum absolute atomic E-state index is 0.196. The molecule has 0 heterocycles. The Balaban J connectivity index is 2.21. The van der Waals surface area contributed by atoms with Gasteiger partial charge in [-0.25, -0.2) is 4.79 Å². The van der Waals surface area contributed by atoms with E-state index in [1.54, 1.807) is 12.3 Å². The van der Waals surface area contributed by atoms with E-state index in [-0.39, 0.29) is 6.03 Å². The molecular weight excluding hydrogens is 286 g/mol. The zero-order valence-electron chi connectivity index (χ0n) is 12.7. The van der Waals surface area contributed by atoms with Crippen molar-refractivity contribution in [3.05, 3.63) is 41.1 Å². The second kappa shape index (κ2) is 10.2. The Kier molecular flexibility index (Phi) is 8.55.